The van der Waals surface area contributed by atoms with Crippen LogP contribution in [0, 0.1) is 5.92 Å². The summed E-state index contributed by atoms with van der Waals surface area (Å²) < 4.78 is 0. The van der Waals surface area contributed by atoms with Gasteiger partial charge in [-0.2, -0.15) is 0 Å². The lowest BCUT2D eigenvalue weighted by Gasteiger charge is -2.19. The molecular formula is C8H15N5O2. The monoisotopic (exact) mass is 213 g/mol. The first-order valence-corrected chi connectivity index (χ1v) is 4.64. The van der Waals surface area contributed by atoms with Crippen LogP contribution in [0.15, 0.2) is 9.59 Å². The van der Waals surface area contributed by atoms with Gasteiger partial charge in [0.25, 0.3) is 5.56 Å². The van der Waals surface area contributed by atoms with Crippen molar-refractivity contribution in [2.24, 2.45) is 11.7 Å². The molecule has 0 radical (unpaired) electrons. The molecule has 7 nitrogen and oxygen atoms in total. The molecule has 0 aliphatic rings. The number of hydrogen-bond acceptors (Lipinski definition) is 5. The number of nitrogens with zero attached hydrogens (tertiary/aromatic N) is 2. The van der Waals surface area contributed by atoms with E-state index in [-0.39, 0.29) is 11.7 Å². The van der Waals surface area contributed by atoms with Crippen molar-refractivity contribution in [3.8, 4) is 0 Å². The Morgan fingerprint density at radius 1 is 1.53 bits per heavy atom. The average Bonchev–Trinajstić information content (AvgIpc) is 2.17. The van der Waals surface area contributed by atoms with Gasteiger partial charge in [0, 0.05) is 13.6 Å². The number of anilines is 1. The molecule has 0 fully saturated rings. The van der Waals surface area contributed by atoms with Crippen LogP contribution in [0.3, 0.4) is 0 Å². The van der Waals surface area contributed by atoms with E-state index in [1.54, 1.807) is 11.9 Å². The zero-order chi connectivity index (χ0) is 11.4. The maximum absolute atomic E-state index is 11.3. The van der Waals surface area contributed by atoms with Crippen molar-refractivity contribution in [1.82, 2.24) is 15.2 Å². The third-order valence-electron chi connectivity index (χ3n) is 2.04. The molecule has 1 aromatic heterocycles. The van der Waals surface area contributed by atoms with E-state index < -0.39 is 11.2 Å². The van der Waals surface area contributed by atoms with Crippen molar-refractivity contribution in [3.05, 3.63) is 20.8 Å². The van der Waals surface area contributed by atoms with Gasteiger partial charge in [0.15, 0.2) is 0 Å². The number of aromatic amines is 2. The van der Waals surface area contributed by atoms with Crippen LogP contribution in [0.2, 0.25) is 0 Å². The van der Waals surface area contributed by atoms with Crippen LogP contribution in [-0.4, -0.2) is 35.3 Å². The Bertz CT molecular complexity index is 424. The molecule has 7 heteroatoms. The third kappa shape index (κ3) is 2.91. The van der Waals surface area contributed by atoms with E-state index in [9.17, 15) is 9.59 Å². The molecule has 1 atom stereocenters. The quantitative estimate of drug-likeness (QED) is 0.563. The van der Waals surface area contributed by atoms with E-state index >= 15 is 0 Å². The highest BCUT2D eigenvalue weighted by Crippen LogP contribution is 2.01. The van der Waals surface area contributed by atoms with Gasteiger partial charge in [0.2, 0.25) is 5.82 Å². The molecule has 84 valence electrons. The van der Waals surface area contributed by atoms with Crippen LogP contribution in [0.4, 0.5) is 5.82 Å². The van der Waals surface area contributed by atoms with Gasteiger partial charge < -0.3 is 10.6 Å². The summed E-state index contributed by atoms with van der Waals surface area (Å²) in [7, 11) is 1.72. The minimum atomic E-state index is -0.607. The van der Waals surface area contributed by atoms with E-state index in [2.05, 4.69) is 15.2 Å². The Balaban J connectivity index is 2.87. The molecule has 0 aromatic carbocycles. The minimum Gasteiger partial charge on any atom is -0.353 e. The summed E-state index contributed by atoms with van der Waals surface area (Å²) in [6.45, 7) is 3.11. The summed E-state index contributed by atoms with van der Waals surface area (Å²) >= 11 is 0. The predicted molar refractivity (Wildman–Crippen MR) is 57.0 cm³/mol. The number of hydrogen-bond donors (Lipinski definition) is 3. The van der Waals surface area contributed by atoms with E-state index in [4.69, 9.17) is 5.73 Å². The molecular weight excluding hydrogens is 198 g/mol. The largest absolute Gasteiger partial charge is 0.353 e. The molecule has 0 aliphatic carbocycles. The van der Waals surface area contributed by atoms with Crippen LogP contribution in [0.1, 0.15) is 6.92 Å². The van der Waals surface area contributed by atoms with Gasteiger partial charge in [-0.25, -0.2) is 9.89 Å². The summed E-state index contributed by atoms with van der Waals surface area (Å²) in [5.74, 6) is 0.443. The lowest BCUT2D eigenvalue weighted by Crippen LogP contribution is -2.35. The zero-order valence-corrected chi connectivity index (χ0v) is 8.78. The van der Waals surface area contributed by atoms with Crippen molar-refractivity contribution in [2.45, 2.75) is 6.92 Å². The Kier molecular flexibility index (Phi) is 3.62. The second-order valence-electron chi connectivity index (χ2n) is 3.55. The predicted octanol–water partition coefficient (Wildman–Crippen LogP) is -1.51. The smallest absolute Gasteiger partial charge is 0.342 e. The maximum atomic E-state index is 11.3. The fourth-order valence-electron chi connectivity index (χ4n) is 1.23. The number of H-pyrrole nitrogens is 2. The molecule has 1 rings (SSSR count). The van der Waals surface area contributed by atoms with Gasteiger partial charge >= 0.3 is 5.69 Å². The average molecular weight is 213 g/mol. The summed E-state index contributed by atoms with van der Waals surface area (Å²) in [4.78, 5) is 25.8. The molecule has 1 heterocycles. The second kappa shape index (κ2) is 4.74. The first-order valence-electron chi connectivity index (χ1n) is 4.64. The summed E-state index contributed by atoms with van der Waals surface area (Å²) in [5.41, 5.74) is 4.37. The van der Waals surface area contributed by atoms with E-state index in [1.807, 2.05) is 6.92 Å². The molecule has 1 unspecified atom stereocenters. The molecule has 4 N–H and O–H groups in total. The molecule has 0 saturated carbocycles. The highest BCUT2D eigenvalue weighted by Gasteiger charge is 2.10. The number of rotatable bonds is 4. The number of nitrogens with one attached hydrogen (secondary N) is 2. The van der Waals surface area contributed by atoms with Crippen LogP contribution in [0.25, 0.3) is 0 Å². The van der Waals surface area contributed by atoms with Gasteiger partial charge in [-0.3, -0.25) is 9.78 Å². The van der Waals surface area contributed by atoms with Crippen LogP contribution in [0.5, 0.6) is 0 Å². The van der Waals surface area contributed by atoms with Gasteiger partial charge in [0.05, 0.1) is 0 Å². The summed E-state index contributed by atoms with van der Waals surface area (Å²) in [6.07, 6.45) is 0. The van der Waals surface area contributed by atoms with Crippen molar-refractivity contribution in [2.75, 3.05) is 25.0 Å². The van der Waals surface area contributed by atoms with E-state index in [1.165, 1.54) is 0 Å². The second-order valence-corrected chi connectivity index (χ2v) is 3.55. The Morgan fingerprint density at radius 2 is 2.20 bits per heavy atom. The SMILES string of the molecule is CC(CN)CN(C)c1n[nH]c(=O)[nH]c1=O. The molecule has 15 heavy (non-hydrogen) atoms. The normalized spacial score (nSPS) is 12.5. The topological polar surface area (TPSA) is 108 Å². The minimum absolute atomic E-state index is 0.190. The highest BCUT2D eigenvalue weighted by molar-refractivity contribution is 5.32. The molecule has 0 bridgehead atoms. The van der Waals surface area contributed by atoms with Crippen LogP contribution in [-0.2, 0) is 0 Å². The standard InChI is InChI=1S/C8H15N5O2/c1-5(3-9)4-13(2)6-7(14)10-8(15)12-11-6/h5H,3-4,9H2,1-2H3,(H2,10,12,14,15). The van der Waals surface area contributed by atoms with Crippen LogP contribution < -0.4 is 21.9 Å². The van der Waals surface area contributed by atoms with Crippen molar-refractivity contribution < 1.29 is 0 Å². The molecule has 0 aliphatic heterocycles. The van der Waals surface area contributed by atoms with Gasteiger partial charge in [-0.1, -0.05) is 6.92 Å². The fourth-order valence-corrected chi connectivity index (χ4v) is 1.23. The Morgan fingerprint density at radius 3 is 2.73 bits per heavy atom. The number of aromatic nitrogens is 3. The first kappa shape index (κ1) is 11.4. The van der Waals surface area contributed by atoms with Crippen molar-refractivity contribution in [1.29, 1.82) is 0 Å². The molecule has 0 amide bonds. The molecule has 0 spiro atoms. The van der Waals surface area contributed by atoms with Gasteiger partial charge in [0.1, 0.15) is 0 Å². The Hall–Kier alpha value is -1.63. The molecule has 0 saturated heterocycles. The lowest BCUT2D eigenvalue weighted by molar-refractivity contribution is 0.583. The third-order valence-corrected chi connectivity index (χ3v) is 2.04. The summed E-state index contributed by atoms with van der Waals surface area (Å²) in [5, 5.41) is 5.85. The number of nitrogens with two attached hydrogens (primary N) is 1. The fraction of sp³-hybridized carbons (Fsp3) is 0.625. The van der Waals surface area contributed by atoms with E-state index in [0.717, 1.165) is 0 Å². The van der Waals surface area contributed by atoms with E-state index in [0.29, 0.717) is 13.1 Å². The van der Waals surface area contributed by atoms with Crippen molar-refractivity contribution in [3.63, 3.8) is 0 Å². The first-order chi connectivity index (χ1) is 7.04. The maximum Gasteiger partial charge on any atom is 0.342 e. The summed E-state index contributed by atoms with van der Waals surface area (Å²) in [6, 6.07) is 0. The van der Waals surface area contributed by atoms with Crippen molar-refractivity contribution >= 4 is 5.82 Å². The highest BCUT2D eigenvalue weighted by atomic mass is 16.2. The molecule has 1 aromatic rings. The lowest BCUT2D eigenvalue weighted by atomic mass is 10.2. The Labute approximate surface area is 86.3 Å². The van der Waals surface area contributed by atoms with Crippen LogP contribution >= 0.6 is 0 Å². The zero-order valence-electron chi connectivity index (χ0n) is 8.78. The van der Waals surface area contributed by atoms with Gasteiger partial charge in [-0.15, -0.1) is 5.10 Å². The van der Waals surface area contributed by atoms with Gasteiger partial charge in [-0.05, 0) is 12.5 Å².